The number of hydrogen-bond acceptors (Lipinski definition) is 5. The molecule has 0 saturated carbocycles. The molecule has 0 radical (unpaired) electrons. The molecule has 1 aliphatic rings. The van der Waals surface area contributed by atoms with Gasteiger partial charge in [-0.1, -0.05) is 37.9 Å². The highest BCUT2D eigenvalue weighted by molar-refractivity contribution is 9.11. The highest BCUT2D eigenvalue weighted by atomic mass is 79.9. The van der Waals surface area contributed by atoms with E-state index < -0.39 is 10.0 Å². The number of benzene rings is 2. The Kier molecular flexibility index (Phi) is 6.09. The summed E-state index contributed by atoms with van der Waals surface area (Å²) in [6.07, 6.45) is 3.19. The Morgan fingerprint density at radius 2 is 1.65 bits per heavy atom. The van der Waals surface area contributed by atoms with Crippen LogP contribution in [0.4, 0.5) is 5.69 Å². The molecule has 5 rings (SSSR count). The van der Waals surface area contributed by atoms with Crippen molar-refractivity contribution in [2.24, 2.45) is 0 Å². The molecule has 4 aromatic rings. The van der Waals surface area contributed by atoms with E-state index in [1.165, 1.54) is 18.3 Å². The number of rotatable bonds is 5. The first-order chi connectivity index (χ1) is 16.2. The Hall–Kier alpha value is -2.53. The van der Waals surface area contributed by atoms with E-state index in [1.54, 1.807) is 41.6 Å². The number of halogens is 2. The zero-order valence-corrected chi connectivity index (χ0v) is 22.6. The van der Waals surface area contributed by atoms with Gasteiger partial charge < -0.3 is 4.90 Å². The summed E-state index contributed by atoms with van der Waals surface area (Å²) in [5.74, 6) is 0.0500. The van der Waals surface area contributed by atoms with Gasteiger partial charge in [0.25, 0.3) is 15.9 Å². The molecule has 0 fully saturated rings. The van der Waals surface area contributed by atoms with Gasteiger partial charge in [0.05, 0.1) is 16.8 Å². The monoisotopic (exact) mass is 617 g/mol. The summed E-state index contributed by atoms with van der Waals surface area (Å²) in [6.45, 7) is 0.612. The van der Waals surface area contributed by atoms with Crippen LogP contribution < -0.4 is 4.72 Å². The number of carbonyl (C=O) groups is 1. The molecule has 0 bridgehead atoms. The van der Waals surface area contributed by atoms with Crippen LogP contribution >= 0.6 is 43.2 Å². The number of thiophene rings is 1. The van der Waals surface area contributed by atoms with Crippen molar-refractivity contribution < 1.29 is 13.2 Å². The number of nitrogens with one attached hydrogen (secondary N) is 1. The minimum Gasteiger partial charge on any atom is -0.337 e. The lowest BCUT2D eigenvalue weighted by atomic mass is 10.1. The van der Waals surface area contributed by atoms with Crippen LogP contribution in [0.1, 0.15) is 15.9 Å². The van der Waals surface area contributed by atoms with Crippen molar-refractivity contribution in [2.75, 3.05) is 11.8 Å². The number of carbonyl (C=O) groups excluding carboxylic acids is 1. The van der Waals surface area contributed by atoms with E-state index in [9.17, 15) is 13.2 Å². The number of amides is 1. The molecule has 172 valence electrons. The number of pyridine rings is 1. The molecule has 0 saturated heterocycles. The molecule has 0 atom stereocenters. The maximum Gasteiger partial charge on any atom is 0.262 e. The van der Waals surface area contributed by atoms with Crippen LogP contribution in [0, 0.1) is 0 Å². The maximum atomic E-state index is 12.9. The predicted molar refractivity (Wildman–Crippen MR) is 141 cm³/mol. The van der Waals surface area contributed by atoms with Crippen LogP contribution in [0.3, 0.4) is 0 Å². The van der Waals surface area contributed by atoms with E-state index in [1.807, 2.05) is 24.3 Å². The van der Waals surface area contributed by atoms with Gasteiger partial charge in [-0.05, 0) is 59.7 Å². The van der Waals surface area contributed by atoms with E-state index >= 15 is 0 Å². The van der Waals surface area contributed by atoms with Crippen molar-refractivity contribution in [1.82, 2.24) is 9.88 Å². The fourth-order valence-electron chi connectivity index (χ4n) is 3.80. The molecule has 1 amide bonds. The average molecular weight is 619 g/mol. The first-order valence-corrected chi connectivity index (χ1v) is 14.0. The Morgan fingerprint density at radius 3 is 2.38 bits per heavy atom. The van der Waals surface area contributed by atoms with E-state index in [4.69, 9.17) is 0 Å². The Balaban J connectivity index is 1.41. The second-order valence-electron chi connectivity index (χ2n) is 7.87. The van der Waals surface area contributed by atoms with E-state index in [0.717, 1.165) is 32.0 Å². The molecule has 2 aromatic heterocycles. The molecular formula is C24H17Br2N3O3S2. The van der Waals surface area contributed by atoms with Gasteiger partial charge >= 0.3 is 0 Å². The summed E-state index contributed by atoms with van der Waals surface area (Å²) < 4.78 is 29.7. The zero-order chi connectivity index (χ0) is 24.0. The van der Waals surface area contributed by atoms with Crippen LogP contribution in [-0.4, -0.2) is 31.3 Å². The van der Waals surface area contributed by atoms with E-state index in [-0.39, 0.29) is 10.8 Å². The Morgan fingerprint density at radius 1 is 0.941 bits per heavy atom. The molecule has 0 unspecified atom stereocenters. The first kappa shape index (κ1) is 23.2. The second kappa shape index (κ2) is 8.92. The third kappa shape index (κ3) is 4.55. The van der Waals surface area contributed by atoms with Crippen molar-refractivity contribution in [1.29, 1.82) is 0 Å². The van der Waals surface area contributed by atoms with Crippen LogP contribution in [0.5, 0.6) is 0 Å². The van der Waals surface area contributed by atoms with Crippen molar-refractivity contribution in [3.05, 3.63) is 87.1 Å². The quantitative estimate of drug-likeness (QED) is 0.281. The molecule has 2 aromatic carbocycles. The largest absolute Gasteiger partial charge is 0.337 e. The third-order valence-corrected chi connectivity index (χ3v) is 8.86. The van der Waals surface area contributed by atoms with E-state index in [0.29, 0.717) is 21.2 Å². The highest BCUT2D eigenvalue weighted by Gasteiger charge is 2.24. The van der Waals surface area contributed by atoms with Crippen molar-refractivity contribution >= 4 is 64.8 Å². The first-order valence-electron chi connectivity index (χ1n) is 10.1. The number of hydrogen-bond donors (Lipinski definition) is 1. The minimum absolute atomic E-state index is 0.0500. The molecule has 1 aliphatic heterocycles. The lowest BCUT2D eigenvalue weighted by molar-refractivity contribution is 0.0816. The SMILES string of the molecule is CN1Cc2cc(-c3ccc(-c4cncc(NS(=O)(=O)c5cc(Br)cc(Br)c5)c4)s3)ccc2C1=O. The van der Waals surface area contributed by atoms with E-state index in [2.05, 4.69) is 47.6 Å². The summed E-state index contributed by atoms with van der Waals surface area (Å²) in [5.41, 5.74) is 4.01. The number of sulfonamides is 1. The van der Waals surface area contributed by atoms with Gasteiger partial charge in [-0.25, -0.2) is 8.42 Å². The summed E-state index contributed by atoms with van der Waals surface area (Å²) in [7, 11) is -1.99. The lowest BCUT2D eigenvalue weighted by Crippen LogP contribution is -2.17. The topological polar surface area (TPSA) is 79.4 Å². The fraction of sp³-hybridized carbons (Fsp3) is 0.0833. The minimum atomic E-state index is -3.79. The van der Waals surface area contributed by atoms with Gasteiger partial charge in [-0.2, -0.15) is 0 Å². The van der Waals surface area contributed by atoms with Crippen LogP contribution in [0.2, 0.25) is 0 Å². The van der Waals surface area contributed by atoms with Gasteiger partial charge in [0.15, 0.2) is 0 Å². The number of fused-ring (bicyclic) bond motifs is 1. The Labute approximate surface area is 218 Å². The maximum absolute atomic E-state index is 12.9. The smallest absolute Gasteiger partial charge is 0.262 e. The molecule has 1 N–H and O–H groups in total. The van der Waals surface area contributed by atoms with Gasteiger partial charge in [-0.15, -0.1) is 11.3 Å². The molecule has 34 heavy (non-hydrogen) atoms. The van der Waals surface area contributed by atoms with Gasteiger partial charge in [0, 0.05) is 49.6 Å². The highest BCUT2D eigenvalue weighted by Crippen LogP contribution is 2.37. The predicted octanol–water partition coefficient (Wildman–Crippen LogP) is 6.39. The average Bonchev–Trinajstić information content (AvgIpc) is 3.38. The van der Waals surface area contributed by atoms with Crippen LogP contribution in [0.15, 0.2) is 80.8 Å². The van der Waals surface area contributed by atoms with Crippen molar-refractivity contribution in [3.8, 4) is 20.9 Å². The number of nitrogens with zero attached hydrogens (tertiary/aromatic N) is 2. The van der Waals surface area contributed by atoms with Crippen LogP contribution in [-0.2, 0) is 16.6 Å². The number of anilines is 1. The summed E-state index contributed by atoms with van der Waals surface area (Å²) >= 11 is 8.23. The third-order valence-electron chi connectivity index (χ3n) is 5.40. The second-order valence-corrected chi connectivity index (χ2v) is 12.5. The van der Waals surface area contributed by atoms with Crippen LogP contribution in [0.25, 0.3) is 20.9 Å². The van der Waals surface area contributed by atoms with Crippen molar-refractivity contribution in [3.63, 3.8) is 0 Å². The molecule has 3 heterocycles. The summed E-state index contributed by atoms with van der Waals surface area (Å²) in [4.78, 5) is 20.3. The lowest BCUT2D eigenvalue weighted by Gasteiger charge is -2.09. The van der Waals surface area contributed by atoms with Gasteiger partial charge in [-0.3, -0.25) is 14.5 Å². The normalized spacial score (nSPS) is 13.3. The van der Waals surface area contributed by atoms with Gasteiger partial charge in [0.1, 0.15) is 0 Å². The standard InChI is InChI=1S/C24H17Br2N3O3S2/c1-29-13-16-6-14(2-3-21(16)24(29)30)22-4-5-23(33-22)15-7-19(12-27-11-15)28-34(31,32)20-9-17(25)8-18(26)10-20/h2-12,28H,13H2,1H3. The fourth-order valence-corrected chi connectivity index (χ4v) is 7.48. The Bertz CT molecular complexity index is 1530. The molecule has 6 nitrogen and oxygen atoms in total. The van der Waals surface area contributed by atoms with Crippen molar-refractivity contribution in [2.45, 2.75) is 11.4 Å². The summed E-state index contributed by atoms with van der Waals surface area (Å²) in [5, 5.41) is 0. The zero-order valence-electron chi connectivity index (χ0n) is 17.7. The molecular weight excluding hydrogens is 602 g/mol. The molecule has 0 spiro atoms. The van der Waals surface area contributed by atoms with Gasteiger partial charge in [0.2, 0.25) is 0 Å². The summed E-state index contributed by atoms with van der Waals surface area (Å²) in [6, 6.07) is 16.5. The molecule has 10 heteroatoms. The number of aromatic nitrogens is 1. The molecule has 0 aliphatic carbocycles.